The Morgan fingerprint density at radius 1 is 1.15 bits per heavy atom. The first-order chi connectivity index (χ1) is 6.34. The number of hydrogen-bond donors (Lipinski definition) is 0. The van der Waals surface area contributed by atoms with E-state index in [0.29, 0.717) is 0 Å². The quantitative estimate of drug-likeness (QED) is 0.588. The molecule has 64 valence electrons. The molecule has 0 bridgehead atoms. The molecule has 13 heavy (non-hydrogen) atoms. The zero-order valence-electron chi connectivity index (χ0n) is 7.64. The van der Waals surface area contributed by atoms with Crippen molar-refractivity contribution in [2.75, 3.05) is 0 Å². The van der Waals surface area contributed by atoms with Gasteiger partial charge in [-0.2, -0.15) is 5.10 Å². The zero-order chi connectivity index (χ0) is 9.10. The second kappa shape index (κ2) is 3.48. The van der Waals surface area contributed by atoms with Crippen molar-refractivity contribution in [1.29, 1.82) is 0 Å². The fourth-order valence-electron chi connectivity index (χ4n) is 1.32. The van der Waals surface area contributed by atoms with E-state index < -0.39 is 0 Å². The van der Waals surface area contributed by atoms with Crippen LogP contribution >= 0.6 is 0 Å². The van der Waals surface area contributed by atoms with Gasteiger partial charge in [-0.3, -0.25) is 4.68 Å². The molecule has 0 saturated carbocycles. The van der Waals surface area contributed by atoms with Crippen LogP contribution in [0, 0.1) is 0 Å². The van der Waals surface area contributed by atoms with E-state index in [9.17, 15) is 0 Å². The van der Waals surface area contributed by atoms with Crippen molar-refractivity contribution in [1.82, 2.24) is 9.78 Å². The molecule has 2 aromatic rings. The SMILES string of the molecule is Bc1ccn(Cc2ccccc2)n1. The van der Waals surface area contributed by atoms with Crippen LogP contribution in [0.4, 0.5) is 0 Å². The highest BCUT2D eigenvalue weighted by molar-refractivity contribution is 6.30. The molecule has 1 aromatic heterocycles. The molecule has 0 aliphatic heterocycles. The first-order valence-electron chi connectivity index (χ1n) is 4.38. The van der Waals surface area contributed by atoms with E-state index in [4.69, 9.17) is 0 Å². The molecule has 0 aliphatic rings. The molecule has 0 fully saturated rings. The Labute approximate surface area is 78.6 Å². The number of benzene rings is 1. The van der Waals surface area contributed by atoms with Crippen LogP contribution in [-0.2, 0) is 6.54 Å². The molecule has 1 heterocycles. The normalized spacial score (nSPS) is 10.2. The lowest BCUT2D eigenvalue weighted by Crippen LogP contribution is -2.08. The molecule has 0 amide bonds. The zero-order valence-corrected chi connectivity index (χ0v) is 7.64. The summed E-state index contributed by atoms with van der Waals surface area (Å²) >= 11 is 0. The van der Waals surface area contributed by atoms with Gasteiger partial charge in [0.2, 0.25) is 0 Å². The van der Waals surface area contributed by atoms with Crippen LogP contribution in [0.1, 0.15) is 5.56 Å². The summed E-state index contributed by atoms with van der Waals surface area (Å²) in [6, 6.07) is 12.4. The number of hydrogen-bond acceptors (Lipinski definition) is 1. The summed E-state index contributed by atoms with van der Waals surface area (Å²) in [7, 11) is 2.00. The number of rotatable bonds is 2. The fourth-order valence-corrected chi connectivity index (χ4v) is 1.32. The van der Waals surface area contributed by atoms with E-state index in [2.05, 4.69) is 17.2 Å². The standard InChI is InChI=1S/C10H11BN2/c11-10-6-7-13(12-10)8-9-4-2-1-3-5-9/h1-7H,8,11H2. The summed E-state index contributed by atoms with van der Waals surface area (Å²) in [5, 5.41) is 4.32. The lowest BCUT2D eigenvalue weighted by Gasteiger charge is -2.00. The highest BCUT2D eigenvalue weighted by Gasteiger charge is 1.94. The Hall–Kier alpha value is -1.51. The summed E-state index contributed by atoms with van der Waals surface area (Å²) in [5.74, 6) is 0. The molecular weight excluding hydrogens is 159 g/mol. The Morgan fingerprint density at radius 3 is 2.54 bits per heavy atom. The van der Waals surface area contributed by atoms with Crippen LogP contribution in [0.25, 0.3) is 0 Å². The Bertz CT molecular complexity index is 381. The second-order valence-corrected chi connectivity index (χ2v) is 3.14. The van der Waals surface area contributed by atoms with Crippen molar-refractivity contribution in [3.05, 3.63) is 48.2 Å². The first kappa shape index (κ1) is 8.11. The van der Waals surface area contributed by atoms with Gasteiger partial charge in [-0.1, -0.05) is 30.3 Å². The van der Waals surface area contributed by atoms with Crippen molar-refractivity contribution in [3.63, 3.8) is 0 Å². The maximum atomic E-state index is 4.32. The maximum absolute atomic E-state index is 4.32. The van der Waals surface area contributed by atoms with Crippen molar-refractivity contribution in [2.24, 2.45) is 0 Å². The smallest absolute Gasteiger partial charge is 0.166 e. The molecular formula is C10H11BN2. The van der Waals surface area contributed by atoms with Crippen LogP contribution in [-0.4, -0.2) is 17.6 Å². The van der Waals surface area contributed by atoms with Gasteiger partial charge in [0.1, 0.15) is 0 Å². The minimum absolute atomic E-state index is 0.856. The van der Waals surface area contributed by atoms with Crippen molar-refractivity contribution in [2.45, 2.75) is 6.54 Å². The monoisotopic (exact) mass is 170 g/mol. The third kappa shape index (κ3) is 1.99. The van der Waals surface area contributed by atoms with Gasteiger partial charge < -0.3 is 0 Å². The van der Waals surface area contributed by atoms with Crippen LogP contribution in [0.3, 0.4) is 0 Å². The molecule has 0 N–H and O–H groups in total. The minimum atomic E-state index is 0.856. The van der Waals surface area contributed by atoms with Gasteiger partial charge in [-0.05, 0) is 11.6 Å². The van der Waals surface area contributed by atoms with E-state index in [0.717, 1.165) is 12.1 Å². The lowest BCUT2D eigenvalue weighted by atomic mass is 10.1. The summed E-state index contributed by atoms with van der Waals surface area (Å²) in [5.41, 5.74) is 2.35. The molecule has 1 aromatic carbocycles. The highest BCUT2D eigenvalue weighted by Crippen LogP contribution is 1.99. The summed E-state index contributed by atoms with van der Waals surface area (Å²) in [6.45, 7) is 0.856. The maximum Gasteiger partial charge on any atom is 0.166 e. The van der Waals surface area contributed by atoms with Crippen LogP contribution < -0.4 is 5.59 Å². The van der Waals surface area contributed by atoms with Crippen LogP contribution in [0.2, 0.25) is 0 Å². The van der Waals surface area contributed by atoms with Crippen molar-refractivity contribution in [3.8, 4) is 0 Å². The van der Waals surface area contributed by atoms with Crippen LogP contribution in [0.5, 0.6) is 0 Å². The van der Waals surface area contributed by atoms with Crippen molar-refractivity contribution >= 4 is 13.4 Å². The molecule has 2 rings (SSSR count). The Morgan fingerprint density at radius 2 is 1.92 bits per heavy atom. The summed E-state index contributed by atoms with van der Waals surface area (Å²) in [4.78, 5) is 0. The Kier molecular flexibility index (Phi) is 2.17. The van der Waals surface area contributed by atoms with E-state index in [1.807, 2.05) is 43.0 Å². The molecule has 0 atom stereocenters. The predicted molar refractivity (Wildman–Crippen MR) is 55.9 cm³/mol. The molecule has 0 saturated heterocycles. The van der Waals surface area contributed by atoms with Gasteiger partial charge in [0.15, 0.2) is 7.85 Å². The van der Waals surface area contributed by atoms with Gasteiger partial charge in [0, 0.05) is 11.8 Å². The average Bonchev–Trinajstić information content (AvgIpc) is 2.53. The van der Waals surface area contributed by atoms with E-state index in [1.54, 1.807) is 0 Å². The van der Waals surface area contributed by atoms with Gasteiger partial charge in [-0.15, -0.1) is 0 Å². The van der Waals surface area contributed by atoms with Gasteiger partial charge >= 0.3 is 0 Å². The molecule has 0 spiro atoms. The number of nitrogens with zero attached hydrogens (tertiary/aromatic N) is 2. The molecule has 3 heteroatoms. The predicted octanol–water partition coefficient (Wildman–Crippen LogP) is 0.190. The molecule has 2 nitrogen and oxygen atoms in total. The number of aromatic nitrogens is 2. The molecule has 0 aliphatic carbocycles. The molecule has 0 radical (unpaired) electrons. The van der Waals surface area contributed by atoms with Gasteiger partial charge in [0.05, 0.1) is 6.54 Å². The van der Waals surface area contributed by atoms with E-state index in [1.165, 1.54) is 5.56 Å². The fraction of sp³-hybridized carbons (Fsp3) is 0.100. The van der Waals surface area contributed by atoms with E-state index >= 15 is 0 Å². The first-order valence-corrected chi connectivity index (χ1v) is 4.38. The van der Waals surface area contributed by atoms with Crippen LogP contribution in [0.15, 0.2) is 42.6 Å². The Balaban J connectivity index is 2.15. The third-order valence-electron chi connectivity index (χ3n) is 1.96. The van der Waals surface area contributed by atoms with E-state index in [-0.39, 0.29) is 0 Å². The summed E-state index contributed by atoms with van der Waals surface area (Å²) in [6.07, 6.45) is 2.00. The minimum Gasteiger partial charge on any atom is -0.269 e. The van der Waals surface area contributed by atoms with Gasteiger partial charge in [0.25, 0.3) is 0 Å². The highest BCUT2D eigenvalue weighted by atomic mass is 15.3. The average molecular weight is 170 g/mol. The van der Waals surface area contributed by atoms with Gasteiger partial charge in [-0.25, -0.2) is 0 Å². The topological polar surface area (TPSA) is 17.8 Å². The lowest BCUT2D eigenvalue weighted by molar-refractivity contribution is 0.693. The second-order valence-electron chi connectivity index (χ2n) is 3.14. The summed E-state index contributed by atoms with van der Waals surface area (Å²) < 4.78 is 1.95. The third-order valence-corrected chi connectivity index (χ3v) is 1.96. The molecule has 0 unspecified atom stereocenters. The largest absolute Gasteiger partial charge is 0.269 e. The van der Waals surface area contributed by atoms with Crippen molar-refractivity contribution < 1.29 is 0 Å².